The molecule has 0 spiro atoms. The maximum Gasteiger partial charge on any atom is 0.322 e. The fourth-order valence-electron chi connectivity index (χ4n) is 1.25. The average molecular weight is 219 g/mol. The van der Waals surface area contributed by atoms with E-state index >= 15 is 0 Å². The highest BCUT2D eigenvalue weighted by Crippen LogP contribution is 2.14. The van der Waals surface area contributed by atoms with E-state index in [4.69, 9.17) is 0 Å². The summed E-state index contributed by atoms with van der Waals surface area (Å²) in [6.45, 7) is 1.99. The van der Waals surface area contributed by atoms with Gasteiger partial charge in [0.25, 0.3) is 0 Å². The Labute approximate surface area is 96.0 Å². The maximum atomic E-state index is 11.2. The van der Waals surface area contributed by atoms with Crippen LogP contribution in [0.25, 0.3) is 0 Å². The normalized spacial score (nSPS) is 12.4. The third-order valence-corrected chi connectivity index (χ3v) is 2.28. The smallest absolute Gasteiger partial charge is 0.322 e. The van der Waals surface area contributed by atoms with Crippen LogP contribution in [0.2, 0.25) is 0 Å². The van der Waals surface area contributed by atoms with Crippen LogP contribution in [-0.2, 0) is 0 Å². The highest BCUT2D eigenvalue weighted by Gasteiger charge is 2.04. The average Bonchev–Trinajstić information content (AvgIpc) is 2.35. The topological polar surface area (TPSA) is 44.7 Å². The molecule has 0 aliphatic carbocycles. The highest BCUT2D eigenvalue weighted by molar-refractivity contribution is 5.85. The Hall–Kier alpha value is -1.84. The second-order valence-electron chi connectivity index (χ2n) is 3.52. The molecule has 0 heterocycles. The third kappa shape index (κ3) is 3.38. The summed E-state index contributed by atoms with van der Waals surface area (Å²) in [5.74, 6) is 0. The Bertz CT molecular complexity index is 362. The first-order chi connectivity index (χ1) is 7.65. The van der Waals surface area contributed by atoms with E-state index in [1.165, 1.54) is 11.2 Å². The van der Waals surface area contributed by atoms with Gasteiger partial charge in [-0.25, -0.2) is 4.79 Å². The first-order valence-electron chi connectivity index (χ1n) is 5.18. The molecule has 1 aromatic carbocycles. The molecule has 0 radical (unpaired) electrons. The standard InChI is InChI=1S/C12H17N3O/c1-10(11-7-5-4-6-8-11)14-9-15(3)12(16)13-2/h4-10H,1-3H3,(H,13,16)/t10-/m1/s1. The SMILES string of the molecule is CNC(=O)N(C)C=N[C@H](C)c1ccccc1. The van der Waals surface area contributed by atoms with Gasteiger partial charge in [0.1, 0.15) is 0 Å². The Balaban J connectivity index is 2.61. The molecule has 1 N–H and O–H groups in total. The first-order valence-corrected chi connectivity index (χ1v) is 5.18. The van der Waals surface area contributed by atoms with Crippen LogP contribution in [-0.4, -0.2) is 31.4 Å². The van der Waals surface area contributed by atoms with Gasteiger partial charge in [-0.1, -0.05) is 30.3 Å². The maximum absolute atomic E-state index is 11.2. The van der Waals surface area contributed by atoms with Crippen molar-refractivity contribution >= 4 is 12.4 Å². The molecule has 0 unspecified atom stereocenters. The van der Waals surface area contributed by atoms with Crippen LogP contribution in [0.4, 0.5) is 4.79 Å². The third-order valence-electron chi connectivity index (χ3n) is 2.28. The Morgan fingerprint density at radius 1 is 1.44 bits per heavy atom. The first kappa shape index (κ1) is 12.2. The highest BCUT2D eigenvalue weighted by atomic mass is 16.2. The van der Waals surface area contributed by atoms with E-state index in [1.54, 1.807) is 14.1 Å². The molecule has 1 aromatic rings. The van der Waals surface area contributed by atoms with Crippen molar-refractivity contribution in [2.24, 2.45) is 4.99 Å². The number of amides is 2. The predicted octanol–water partition coefficient (Wildman–Crippen LogP) is 2.05. The van der Waals surface area contributed by atoms with Crippen molar-refractivity contribution < 1.29 is 4.79 Å². The monoisotopic (exact) mass is 219 g/mol. The molecule has 4 heteroatoms. The lowest BCUT2D eigenvalue weighted by Gasteiger charge is -2.12. The molecule has 0 aliphatic heterocycles. The predicted molar refractivity (Wildman–Crippen MR) is 65.6 cm³/mol. The van der Waals surface area contributed by atoms with Gasteiger partial charge in [-0.2, -0.15) is 0 Å². The molecule has 0 aromatic heterocycles. The molecule has 86 valence electrons. The van der Waals surface area contributed by atoms with Crippen LogP contribution < -0.4 is 5.32 Å². The minimum absolute atomic E-state index is 0.0494. The summed E-state index contributed by atoms with van der Waals surface area (Å²) in [5, 5.41) is 2.52. The van der Waals surface area contributed by atoms with E-state index in [1.807, 2.05) is 37.3 Å². The number of carbonyl (C=O) groups excluding carboxylic acids is 1. The van der Waals surface area contributed by atoms with Crippen molar-refractivity contribution in [3.63, 3.8) is 0 Å². The second kappa shape index (κ2) is 5.90. The second-order valence-corrected chi connectivity index (χ2v) is 3.52. The van der Waals surface area contributed by atoms with Crippen LogP contribution in [0.15, 0.2) is 35.3 Å². The summed E-state index contributed by atoms with van der Waals surface area (Å²) >= 11 is 0. The lowest BCUT2D eigenvalue weighted by molar-refractivity contribution is 0.229. The largest absolute Gasteiger partial charge is 0.341 e. The summed E-state index contributed by atoms with van der Waals surface area (Å²) < 4.78 is 0. The van der Waals surface area contributed by atoms with Crippen LogP contribution in [0.3, 0.4) is 0 Å². The molecule has 0 saturated carbocycles. The van der Waals surface area contributed by atoms with Crippen molar-refractivity contribution in [2.45, 2.75) is 13.0 Å². The number of nitrogens with zero attached hydrogens (tertiary/aromatic N) is 2. The quantitative estimate of drug-likeness (QED) is 0.613. The molecule has 0 aliphatic rings. The number of aliphatic imine (C=N–C) groups is 1. The van der Waals surface area contributed by atoms with Gasteiger partial charge in [0.05, 0.1) is 12.4 Å². The van der Waals surface area contributed by atoms with Crippen molar-refractivity contribution in [3.8, 4) is 0 Å². The van der Waals surface area contributed by atoms with Crippen LogP contribution in [0.1, 0.15) is 18.5 Å². The van der Waals surface area contributed by atoms with Crippen molar-refractivity contribution in [3.05, 3.63) is 35.9 Å². The van der Waals surface area contributed by atoms with Crippen molar-refractivity contribution in [1.82, 2.24) is 10.2 Å². The zero-order chi connectivity index (χ0) is 12.0. The van der Waals surface area contributed by atoms with Gasteiger partial charge in [0, 0.05) is 14.1 Å². The zero-order valence-electron chi connectivity index (χ0n) is 9.84. The Morgan fingerprint density at radius 2 is 2.06 bits per heavy atom. The molecule has 2 amide bonds. The molecule has 16 heavy (non-hydrogen) atoms. The number of nitrogens with one attached hydrogen (secondary N) is 1. The summed E-state index contributed by atoms with van der Waals surface area (Å²) in [7, 11) is 3.26. The zero-order valence-corrected chi connectivity index (χ0v) is 9.84. The van der Waals surface area contributed by atoms with E-state index in [2.05, 4.69) is 10.3 Å². The number of carbonyl (C=O) groups is 1. The molecule has 0 fully saturated rings. The van der Waals surface area contributed by atoms with Gasteiger partial charge in [-0.05, 0) is 12.5 Å². The van der Waals surface area contributed by atoms with Crippen LogP contribution in [0, 0.1) is 0 Å². The van der Waals surface area contributed by atoms with E-state index in [0.29, 0.717) is 0 Å². The number of benzene rings is 1. The molecule has 0 saturated heterocycles. The van der Waals surface area contributed by atoms with Gasteiger partial charge >= 0.3 is 6.03 Å². The van der Waals surface area contributed by atoms with Crippen LogP contribution >= 0.6 is 0 Å². The summed E-state index contributed by atoms with van der Waals surface area (Å²) in [5.41, 5.74) is 1.13. The van der Waals surface area contributed by atoms with Gasteiger partial charge in [-0.15, -0.1) is 0 Å². The van der Waals surface area contributed by atoms with Gasteiger partial charge in [0.2, 0.25) is 0 Å². The minimum atomic E-state index is -0.177. The van der Waals surface area contributed by atoms with Crippen molar-refractivity contribution in [2.75, 3.05) is 14.1 Å². The fraction of sp³-hybridized carbons (Fsp3) is 0.333. The molecule has 0 bridgehead atoms. The number of hydrogen-bond acceptors (Lipinski definition) is 2. The lowest BCUT2D eigenvalue weighted by Crippen LogP contribution is -2.33. The number of hydrogen-bond donors (Lipinski definition) is 1. The van der Waals surface area contributed by atoms with E-state index < -0.39 is 0 Å². The molecular formula is C12H17N3O. The van der Waals surface area contributed by atoms with Gasteiger partial charge in [0.15, 0.2) is 0 Å². The molecule has 4 nitrogen and oxygen atoms in total. The summed E-state index contributed by atoms with van der Waals surface area (Å²) in [6, 6.07) is 9.82. The van der Waals surface area contributed by atoms with E-state index in [9.17, 15) is 4.79 Å². The van der Waals surface area contributed by atoms with E-state index in [0.717, 1.165) is 5.56 Å². The lowest BCUT2D eigenvalue weighted by atomic mass is 10.1. The molecule has 1 atom stereocenters. The molecule has 1 rings (SSSR count). The number of urea groups is 1. The Morgan fingerprint density at radius 3 is 2.62 bits per heavy atom. The minimum Gasteiger partial charge on any atom is -0.341 e. The van der Waals surface area contributed by atoms with Gasteiger partial charge < -0.3 is 5.32 Å². The number of rotatable bonds is 3. The van der Waals surface area contributed by atoms with Crippen molar-refractivity contribution in [1.29, 1.82) is 0 Å². The van der Waals surface area contributed by atoms with Gasteiger partial charge in [-0.3, -0.25) is 9.89 Å². The van der Waals surface area contributed by atoms with E-state index in [-0.39, 0.29) is 12.1 Å². The summed E-state index contributed by atoms with van der Waals surface area (Å²) in [4.78, 5) is 16.9. The summed E-state index contributed by atoms with van der Waals surface area (Å²) in [6.07, 6.45) is 1.54. The fourth-order valence-corrected chi connectivity index (χ4v) is 1.25. The Kier molecular flexibility index (Phi) is 4.51. The molecular weight excluding hydrogens is 202 g/mol. The van der Waals surface area contributed by atoms with Crippen LogP contribution in [0.5, 0.6) is 0 Å².